The van der Waals surface area contributed by atoms with Gasteiger partial charge in [0.15, 0.2) is 0 Å². The van der Waals surface area contributed by atoms with E-state index < -0.39 is 0 Å². The molecule has 0 fully saturated rings. The van der Waals surface area contributed by atoms with Crippen LogP contribution in [-0.4, -0.2) is 45.2 Å². The Labute approximate surface area is 142 Å². The molecular weight excluding hydrogens is 316 g/mol. The van der Waals surface area contributed by atoms with E-state index in [0.29, 0.717) is 12.4 Å². The van der Waals surface area contributed by atoms with Crippen LogP contribution in [-0.2, 0) is 11.3 Å². The average molecular weight is 339 g/mol. The number of benzene rings is 1. The lowest BCUT2D eigenvalue weighted by atomic mass is 10.1. The van der Waals surface area contributed by atoms with E-state index in [1.807, 2.05) is 45.0 Å². The van der Waals surface area contributed by atoms with E-state index in [2.05, 4.69) is 26.0 Å². The molecule has 0 saturated heterocycles. The van der Waals surface area contributed by atoms with Crippen LogP contribution < -0.4 is 10.6 Å². The van der Waals surface area contributed by atoms with Crippen molar-refractivity contribution in [1.29, 1.82) is 0 Å². The molecule has 126 valence electrons. The molecule has 1 atom stereocenters. The maximum Gasteiger partial charge on any atom is 0.243 e. The van der Waals surface area contributed by atoms with Crippen molar-refractivity contribution in [2.24, 2.45) is 0 Å². The first-order chi connectivity index (χ1) is 10.6. The Morgan fingerprint density at radius 2 is 2.00 bits per heavy atom. The molecule has 1 aromatic heterocycles. The Hall–Kier alpha value is -1.99. The van der Waals surface area contributed by atoms with Gasteiger partial charge in [0.25, 0.3) is 0 Å². The molecule has 0 bridgehead atoms. The number of tetrazole rings is 1. The zero-order valence-corrected chi connectivity index (χ0v) is 14.4. The van der Waals surface area contributed by atoms with Crippen molar-refractivity contribution in [1.82, 2.24) is 30.8 Å². The lowest BCUT2D eigenvalue weighted by Crippen LogP contribution is -2.40. The summed E-state index contributed by atoms with van der Waals surface area (Å²) in [6.45, 7) is 7.59. The molecule has 0 aliphatic rings. The van der Waals surface area contributed by atoms with Crippen LogP contribution in [0.2, 0.25) is 0 Å². The number of aromatic nitrogens is 4. The van der Waals surface area contributed by atoms with Crippen LogP contribution in [0.3, 0.4) is 0 Å². The first kappa shape index (κ1) is 19.1. The van der Waals surface area contributed by atoms with Gasteiger partial charge in [-0.05, 0) is 25.6 Å². The summed E-state index contributed by atoms with van der Waals surface area (Å²) in [5.41, 5.74) is 2.06. The second-order valence-electron chi connectivity index (χ2n) is 5.27. The number of halogens is 1. The number of nitrogens with zero attached hydrogens (tertiary/aromatic N) is 4. The van der Waals surface area contributed by atoms with Crippen LogP contribution in [0.25, 0.3) is 11.4 Å². The number of amides is 1. The van der Waals surface area contributed by atoms with E-state index in [4.69, 9.17) is 0 Å². The van der Waals surface area contributed by atoms with E-state index >= 15 is 0 Å². The molecule has 23 heavy (non-hydrogen) atoms. The van der Waals surface area contributed by atoms with Crippen LogP contribution in [0.1, 0.15) is 19.4 Å². The highest BCUT2D eigenvalue weighted by molar-refractivity contribution is 5.85. The highest BCUT2D eigenvalue weighted by Gasteiger charge is 2.10. The van der Waals surface area contributed by atoms with Gasteiger partial charge in [-0.25, -0.2) is 0 Å². The quantitative estimate of drug-likeness (QED) is 0.792. The molecule has 0 aliphatic carbocycles. The minimum absolute atomic E-state index is 0. The van der Waals surface area contributed by atoms with Gasteiger partial charge < -0.3 is 10.6 Å². The molecule has 0 aliphatic heterocycles. The molecular formula is C15H23ClN6O. The largest absolute Gasteiger partial charge is 0.353 e. The van der Waals surface area contributed by atoms with Gasteiger partial charge in [0.1, 0.15) is 6.54 Å². The number of aryl methyl sites for hydroxylation is 1. The molecule has 0 radical (unpaired) electrons. The number of hydrogen-bond donors (Lipinski definition) is 2. The average Bonchev–Trinajstić information content (AvgIpc) is 2.95. The molecule has 1 heterocycles. The monoisotopic (exact) mass is 338 g/mol. The van der Waals surface area contributed by atoms with Gasteiger partial charge in [0, 0.05) is 18.2 Å². The van der Waals surface area contributed by atoms with Crippen molar-refractivity contribution >= 4 is 18.3 Å². The zero-order chi connectivity index (χ0) is 15.9. The third-order valence-electron chi connectivity index (χ3n) is 3.21. The number of likely N-dealkylation sites (N-methyl/N-ethyl adjacent to an activating group) is 1. The van der Waals surface area contributed by atoms with Gasteiger partial charge in [-0.2, -0.15) is 4.80 Å². The number of carbonyl (C=O) groups is 1. The molecule has 2 aromatic rings. The molecule has 0 saturated carbocycles. The fraction of sp³-hybridized carbons (Fsp3) is 0.467. The maximum atomic E-state index is 11.8. The van der Waals surface area contributed by atoms with Gasteiger partial charge in [-0.15, -0.1) is 22.6 Å². The minimum Gasteiger partial charge on any atom is -0.353 e. The Balaban J connectivity index is 0.00000264. The van der Waals surface area contributed by atoms with Crippen molar-refractivity contribution in [3.63, 3.8) is 0 Å². The van der Waals surface area contributed by atoms with Crippen LogP contribution in [0.4, 0.5) is 0 Å². The topological polar surface area (TPSA) is 84.7 Å². The van der Waals surface area contributed by atoms with Crippen molar-refractivity contribution in [2.45, 2.75) is 33.4 Å². The van der Waals surface area contributed by atoms with Crippen LogP contribution in [0.5, 0.6) is 0 Å². The number of hydrogen-bond acceptors (Lipinski definition) is 5. The van der Waals surface area contributed by atoms with Crippen LogP contribution in [0.15, 0.2) is 24.3 Å². The summed E-state index contributed by atoms with van der Waals surface area (Å²) in [5, 5.41) is 18.2. The predicted molar refractivity (Wildman–Crippen MR) is 91.4 cm³/mol. The Morgan fingerprint density at radius 3 is 2.65 bits per heavy atom. The van der Waals surface area contributed by atoms with Crippen molar-refractivity contribution in [3.8, 4) is 11.4 Å². The summed E-state index contributed by atoms with van der Waals surface area (Å²) in [6.07, 6.45) is 0. The highest BCUT2D eigenvalue weighted by Crippen LogP contribution is 2.13. The fourth-order valence-corrected chi connectivity index (χ4v) is 2.00. The van der Waals surface area contributed by atoms with E-state index in [0.717, 1.165) is 12.1 Å². The molecule has 8 heteroatoms. The van der Waals surface area contributed by atoms with E-state index in [1.165, 1.54) is 10.4 Å². The number of rotatable bonds is 7. The molecule has 0 spiro atoms. The lowest BCUT2D eigenvalue weighted by molar-refractivity contribution is -0.122. The number of carbonyl (C=O) groups excluding carboxylic acids is 1. The molecule has 2 N–H and O–H groups in total. The predicted octanol–water partition coefficient (Wildman–Crippen LogP) is 1.18. The van der Waals surface area contributed by atoms with E-state index in [-0.39, 0.29) is 30.9 Å². The summed E-state index contributed by atoms with van der Waals surface area (Å²) >= 11 is 0. The second-order valence-corrected chi connectivity index (χ2v) is 5.27. The highest BCUT2D eigenvalue weighted by atomic mass is 35.5. The summed E-state index contributed by atoms with van der Waals surface area (Å²) in [5.74, 6) is 0.395. The van der Waals surface area contributed by atoms with Gasteiger partial charge in [0.05, 0.1) is 0 Å². The summed E-state index contributed by atoms with van der Waals surface area (Å²) in [6, 6.07) is 8.10. The van der Waals surface area contributed by atoms with Gasteiger partial charge in [0.2, 0.25) is 11.7 Å². The maximum absolute atomic E-state index is 11.8. The smallest absolute Gasteiger partial charge is 0.243 e. The van der Waals surface area contributed by atoms with Crippen molar-refractivity contribution in [3.05, 3.63) is 29.8 Å². The summed E-state index contributed by atoms with van der Waals surface area (Å²) in [7, 11) is 0. The summed E-state index contributed by atoms with van der Waals surface area (Å²) < 4.78 is 0. The number of nitrogens with one attached hydrogen (secondary N) is 2. The van der Waals surface area contributed by atoms with E-state index in [9.17, 15) is 4.79 Å². The summed E-state index contributed by atoms with van der Waals surface area (Å²) in [4.78, 5) is 13.2. The third kappa shape index (κ3) is 5.96. The fourth-order valence-electron chi connectivity index (χ4n) is 2.00. The standard InChI is InChI=1S/C15H22N6O.ClH/c1-4-16-12(3)9-17-14(22)10-21-19-15(18-20-21)13-7-5-11(2)6-8-13;/h5-8,12,16H,4,9-10H2,1-3H3,(H,17,22);1H/t12-;/m1./s1. The Kier molecular flexibility index (Phi) is 7.64. The SMILES string of the molecule is CCN[C@H](C)CNC(=O)Cn1nnc(-c2ccc(C)cc2)n1.Cl. The van der Waals surface area contributed by atoms with Crippen molar-refractivity contribution in [2.75, 3.05) is 13.1 Å². The first-order valence-electron chi connectivity index (χ1n) is 7.43. The molecule has 1 aromatic carbocycles. The van der Waals surface area contributed by atoms with Gasteiger partial charge in [-0.3, -0.25) is 4.79 Å². The zero-order valence-electron chi connectivity index (χ0n) is 13.6. The molecule has 0 unspecified atom stereocenters. The molecule has 7 nitrogen and oxygen atoms in total. The lowest BCUT2D eigenvalue weighted by Gasteiger charge is -2.12. The van der Waals surface area contributed by atoms with Gasteiger partial charge >= 0.3 is 0 Å². The molecule has 2 rings (SSSR count). The Morgan fingerprint density at radius 1 is 1.30 bits per heavy atom. The van der Waals surface area contributed by atoms with Gasteiger partial charge in [-0.1, -0.05) is 36.8 Å². The Bertz CT molecular complexity index is 613. The van der Waals surface area contributed by atoms with Crippen molar-refractivity contribution < 1.29 is 4.79 Å². The molecule has 1 amide bonds. The van der Waals surface area contributed by atoms with Crippen LogP contribution >= 0.6 is 12.4 Å². The third-order valence-corrected chi connectivity index (χ3v) is 3.21. The normalized spacial score (nSPS) is 11.6. The minimum atomic E-state index is -0.127. The van der Waals surface area contributed by atoms with Crippen LogP contribution in [0, 0.1) is 6.92 Å². The second kappa shape index (κ2) is 9.22. The first-order valence-corrected chi connectivity index (χ1v) is 7.43. The van der Waals surface area contributed by atoms with E-state index in [1.54, 1.807) is 0 Å².